The van der Waals surface area contributed by atoms with Gasteiger partial charge in [0, 0.05) is 29.5 Å². The summed E-state index contributed by atoms with van der Waals surface area (Å²) in [6, 6.07) is 5.65. The van der Waals surface area contributed by atoms with Crippen LogP contribution in [0.25, 0.3) is 5.57 Å². The van der Waals surface area contributed by atoms with Crippen LogP contribution in [-0.2, 0) is 11.2 Å². The Morgan fingerprint density at radius 2 is 2.05 bits per heavy atom. The van der Waals surface area contributed by atoms with E-state index in [0.717, 1.165) is 16.7 Å². The minimum atomic E-state index is -0.0311. The van der Waals surface area contributed by atoms with E-state index in [-0.39, 0.29) is 19.8 Å². The van der Waals surface area contributed by atoms with Crippen LogP contribution in [0.2, 0.25) is 0 Å². The molecule has 0 atom stereocenters. The lowest BCUT2D eigenvalue weighted by Crippen LogP contribution is -2.01. The van der Waals surface area contributed by atoms with Crippen molar-refractivity contribution in [3.8, 4) is 0 Å². The average molecular weight is 274 g/mol. The van der Waals surface area contributed by atoms with Gasteiger partial charge in [0.05, 0.1) is 13.2 Å². The summed E-state index contributed by atoms with van der Waals surface area (Å²) in [6.07, 6.45) is 2.26. The molecule has 0 aliphatic carbocycles. The molecule has 1 aliphatic rings. The summed E-state index contributed by atoms with van der Waals surface area (Å²) in [6.45, 7) is 4.15. The van der Waals surface area contributed by atoms with Crippen molar-refractivity contribution < 1.29 is 14.9 Å². The number of hydrogen-bond acceptors (Lipinski definition) is 5. The van der Waals surface area contributed by atoms with Crippen LogP contribution in [0.15, 0.2) is 41.6 Å². The molecule has 5 heteroatoms. The Morgan fingerprint density at radius 1 is 1.25 bits per heavy atom. The number of nitrogens with zero attached hydrogens (tertiary/aromatic N) is 1. The van der Waals surface area contributed by atoms with Gasteiger partial charge in [-0.05, 0) is 12.0 Å². The fourth-order valence-corrected chi connectivity index (χ4v) is 2.07. The summed E-state index contributed by atoms with van der Waals surface area (Å²) in [7, 11) is 0. The van der Waals surface area contributed by atoms with Crippen molar-refractivity contribution in [3.63, 3.8) is 0 Å². The molecule has 1 aliphatic heterocycles. The molecule has 0 saturated carbocycles. The molecule has 5 nitrogen and oxygen atoms in total. The number of hydrogen-bond donors (Lipinski definition) is 3. The van der Waals surface area contributed by atoms with Gasteiger partial charge in [-0.25, -0.2) is 4.99 Å². The van der Waals surface area contributed by atoms with Crippen molar-refractivity contribution in [3.05, 3.63) is 47.7 Å². The number of nitrogens with two attached hydrogens (primary N) is 1. The number of benzene rings is 1. The lowest BCUT2D eigenvalue weighted by atomic mass is 9.98. The van der Waals surface area contributed by atoms with E-state index < -0.39 is 0 Å². The number of aliphatic hydroxyl groups is 2. The molecule has 4 N–H and O–H groups in total. The number of rotatable bonds is 5. The van der Waals surface area contributed by atoms with Gasteiger partial charge < -0.3 is 20.7 Å². The molecular formula is C15H18N2O3. The largest absolute Gasteiger partial charge is 0.439 e. The van der Waals surface area contributed by atoms with Crippen LogP contribution in [0.3, 0.4) is 0 Å². The maximum absolute atomic E-state index is 9.04. The smallest absolute Gasteiger partial charge is 0.215 e. The lowest BCUT2D eigenvalue weighted by molar-refractivity contribution is 0.300. The lowest BCUT2D eigenvalue weighted by Gasteiger charge is -2.11. The summed E-state index contributed by atoms with van der Waals surface area (Å²) in [5.41, 5.74) is 9.22. The normalized spacial score (nSPS) is 16.4. The zero-order chi connectivity index (χ0) is 14.5. The molecule has 0 radical (unpaired) electrons. The zero-order valence-electron chi connectivity index (χ0n) is 11.2. The molecule has 1 aromatic carbocycles. The van der Waals surface area contributed by atoms with Gasteiger partial charge in [0.1, 0.15) is 5.76 Å². The summed E-state index contributed by atoms with van der Waals surface area (Å²) in [5, 5.41) is 17.8. The van der Waals surface area contributed by atoms with Gasteiger partial charge in [0.25, 0.3) is 0 Å². The maximum Gasteiger partial charge on any atom is 0.215 e. The highest BCUT2D eigenvalue weighted by molar-refractivity contribution is 6.05. The minimum Gasteiger partial charge on any atom is -0.439 e. The Hall–Kier alpha value is -2.11. The second-order valence-corrected chi connectivity index (χ2v) is 4.38. The van der Waals surface area contributed by atoms with Gasteiger partial charge >= 0.3 is 0 Å². The molecule has 106 valence electrons. The molecular weight excluding hydrogens is 256 g/mol. The fourth-order valence-electron chi connectivity index (χ4n) is 2.07. The summed E-state index contributed by atoms with van der Waals surface area (Å²) in [4.78, 5) is 4.08. The average Bonchev–Trinajstić information content (AvgIpc) is 2.80. The third-order valence-electron chi connectivity index (χ3n) is 3.03. The van der Waals surface area contributed by atoms with Crippen LogP contribution >= 0.6 is 0 Å². The Balaban J connectivity index is 2.36. The Morgan fingerprint density at radius 3 is 2.75 bits per heavy atom. The Labute approximate surface area is 117 Å². The first-order valence-electron chi connectivity index (χ1n) is 6.40. The third-order valence-corrected chi connectivity index (χ3v) is 3.03. The molecule has 0 bridgehead atoms. The van der Waals surface area contributed by atoms with Crippen molar-refractivity contribution in [1.29, 1.82) is 0 Å². The van der Waals surface area contributed by atoms with Crippen LogP contribution in [0.4, 0.5) is 5.69 Å². The second-order valence-electron chi connectivity index (χ2n) is 4.38. The van der Waals surface area contributed by atoms with Gasteiger partial charge in [-0.3, -0.25) is 0 Å². The van der Waals surface area contributed by atoms with E-state index in [1.165, 1.54) is 0 Å². The number of aliphatic hydroxyl groups excluding tert-OH is 2. The first kappa shape index (κ1) is 14.3. The van der Waals surface area contributed by atoms with E-state index in [9.17, 15) is 0 Å². The van der Waals surface area contributed by atoms with Gasteiger partial charge in [-0.2, -0.15) is 0 Å². The predicted octanol–water partition coefficient (Wildman–Crippen LogP) is 1.12. The highest BCUT2D eigenvalue weighted by Crippen LogP contribution is 2.33. The molecule has 0 saturated heterocycles. The number of aliphatic imine (C=N–C) groups is 1. The SMILES string of the molecule is C=C1OC(=NCCO)C=C1c1cccc(CCO)c1N. The molecule has 2 rings (SSSR count). The van der Waals surface area contributed by atoms with E-state index >= 15 is 0 Å². The summed E-state index contributed by atoms with van der Waals surface area (Å²) >= 11 is 0. The number of allylic oxidation sites excluding steroid dienone is 1. The van der Waals surface area contributed by atoms with Crippen molar-refractivity contribution >= 4 is 17.2 Å². The van der Waals surface area contributed by atoms with Crippen LogP contribution in [0.5, 0.6) is 0 Å². The topological polar surface area (TPSA) is 88.1 Å². The third kappa shape index (κ3) is 2.89. The first-order chi connectivity index (χ1) is 9.67. The summed E-state index contributed by atoms with van der Waals surface area (Å²) in [5.74, 6) is 0.903. The monoisotopic (exact) mass is 274 g/mol. The maximum atomic E-state index is 9.04. The summed E-state index contributed by atoms with van der Waals surface area (Å²) < 4.78 is 5.43. The van der Waals surface area contributed by atoms with E-state index in [4.69, 9.17) is 20.7 Å². The standard InChI is InChI=1S/C15H18N2O3/c1-10-13(9-14(20-10)17-6-8-19)12-4-2-3-11(5-7-18)15(12)16/h2-4,9,18-19H,1,5-8,16H2. The predicted molar refractivity (Wildman–Crippen MR) is 79.2 cm³/mol. The number of para-hydroxylation sites is 1. The Bertz CT molecular complexity index is 576. The first-order valence-corrected chi connectivity index (χ1v) is 6.40. The van der Waals surface area contributed by atoms with Gasteiger partial charge in [0.15, 0.2) is 0 Å². The molecule has 20 heavy (non-hydrogen) atoms. The molecule has 0 fully saturated rings. The van der Waals surface area contributed by atoms with E-state index in [1.54, 1.807) is 6.08 Å². The molecule has 0 unspecified atom stereocenters. The fraction of sp³-hybridized carbons (Fsp3) is 0.267. The van der Waals surface area contributed by atoms with Crippen molar-refractivity contribution in [2.24, 2.45) is 4.99 Å². The molecule has 0 amide bonds. The van der Waals surface area contributed by atoms with Crippen molar-refractivity contribution in [2.45, 2.75) is 6.42 Å². The van der Waals surface area contributed by atoms with Gasteiger partial charge in [0.2, 0.25) is 5.90 Å². The van der Waals surface area contributed by atoms with Gasteiger partial charge in [-0.1, -0.05) is 24.8 Å². The zero-order valence-corrected chi connectivity index (χ0v) is 11.2. The quantitative estimate of drug-likeness (QED) is 0.702. The number of anilines is 1. The van der Waals surface area contributed by atoms with E-state index in [1.807, 2.05) is 18.2 Å². The van der Waals surface area contributed by atoms with E-state index in [2.05, 4.69) is 11.6 Å². The minimum absolute atomic E-state index is 0.0311. The van der Waals surface area contributed by atoms with Crippen LogP contribution in [0.1, 0.15) is 11.1 Å². The molecule has 1 heterocycles. The van der Waals surface area contributed by atoms with Crippen LogP contribution in [0, 0.1) is 0 Å². The number of ether oxygens (including phenoxy) is 1. The molecule has 0 aromatic heterocycles. The van der Waals surface area contributed by atoms with E-state index in [0.29, 0.717) is 23.8 Å². The number of nitrogen functional groups attached to an aromatic ring is 1. The highest BCUT2D eigenvalue weighted by Gasteiger charge is 2.20. The molecule has 0 spiro atoms. The highest BCUT2D eigenvalue weighted by atomic mass is 16.5. The second kappa shape index (κ2) is 6.36. The van der Waals surface area contributed by atoms with Crippen molar-refractivity contribution in [2.75, 3.05) is 25.5 Å². The van der Waals surface area contributed by atoms with Crippen molar-refractivity contribution in [1.82, 2.24) is 0 Å². The molecule has 1 aromatic rings. The van der Waals surface area contributed by atoms with Crippen LogP contribution in [-0.4, -0.2) is 35.9 Å². The Kier molecular flexibility index (Phi) is 4.55. The van der Waals surface area contributed by atoms with Gasteiger partial charge in [-0.15, -0.1) is 0 Å². The van der Waals surface area contributed by atoms with Crippen LogP contribution < -0.4 is 5.73 Å².